The van der Waals surface area contributed by atoms with Crippen LogP contribution >= 0.6 is 44.6 Å². The van der Waals surface area contributed by atoms with Crippen LogP contribution in [0.3, 0.4) is 0 Å². The van der Waals surface area contributed by atoms with Crippen LogP contribution in [0.1, 0.15) is 194 Å². The molecule has 0 aliphatic carbocycles. The number of halogens is 16. The van der Waals surface area contributed by atoms with Gasteiger partial charge in [0, 0.05) is 140 Å². The molecule has 12 rings (SSSR count). The van der Waals surface area contributed by atoms with E-state index < -0.39 is 20.4 Å². The van der Waals surface area contributed by atoms with E-state index in [0.29, 0.717) is 44.6 Å². The number of carboxylic acids is 1. The van der Waals surface area contributed by atoms with Crippen LogP contribution in [0, 0.1) is 114 Å². The second-order valence-electron chi connectivity index (χ2n) is 28.1. The Kier molecular flexibility index (Phi) is 72.9. The molecule has 0 saturated carbocycles. The molecule has 0 bridgehead atoms. The number of aliphatic hydroxyl groups is 1. The third kappa shape index (κ3) is 51.9. The number of hydrogen-bond donors (Lipinski definition) is 4. The van der Waals surface area contributed by atoms with Crippen LogP contribution < -0.4 is 92.8 Å². The van der Waals surface area contributed by atoms with Crippen LogP contribution in [0.5, 0.6) is 0 Å². The van der Waals surface area contributed by atoms with E-state index in [2.05, 4.69) is 21.4 Å². The van der Waals surface area contributed by atoms with E-state index in [-0.39, 0.29) is 304 Å². The maximum atomic E-state index is 13.1. The molecule has 0 aliphatic heterocycles. The third-order valence-corrected chi connectivity index (χ3v) is 19.9. The molecule has 133 heavy (non-hydrogen) atoms. The Morgan fingerprint density at radius 1 is 0.346 bits per heavy atom. The maximum Gasteiger partial charge on any atom is 1.00 e. The summed E-state index contributed by atoms with van der Waals surface area (Å²) in [5.41, 5.74) is 16.2. The number of rotatable bonds is 31. The quantitative estimate of drug-likeness (QED) is 0.00790. The second-order valence-corrected chi connectivity index (χ2v) is 31.5. The van der Waals surface area contributed by atoms with Crippen molar-refractivity contribution in [2.75, 3.05) is 19.1 Å². The van der Waals surface area contributed by atoms with Gasteiger partial charge >= 0.3 is 92.9 Å². The largest absolute Gasteiger partial charge is 1.00 e. The van der Waals surface area contributed by atoms with Crippen LogP contribution in [0.4, 0.5) is 52.7 Å². The molecular weight excluding hydrogens is 2100 g/mol. The molecule has 13 N–H and O–H groups in total. The topological polar surface area (TPSA) is 319 Å². The molecule has 0 heterocycles. The number of ether oxygens (including phenoxy) is 1. The van der Waals surface area contributed by atoms with Gasteiger partial charge in [-0.25, -0.2) is 56.9 Å². The molecule has 34 heteroatoms. The standard InChI is InChI=1S/C18H18F2O2.C16H13ClF2O.C16H15ClF2.C16H15F2NO.C16H14F2O2.C16H16F2O.CH4.Ac.Cl2OS.K.H3N.Na.4H2O/c1-13(21)22-12-2-3-18(14-4-8-16(19)9-5-14)15-6-10-17(20)11-7-15;17-16(20)10-9-15(11-1-5-13(18)6-2-11)12-3-7-14(19)8-4-12;17-11-1-2-16(12-3-7-14(18)8-4-12)13-5-9-15(19)10-6-13;2*17-13-5-1-11(2-6-13)15(9-10-16(19)20)12-3-7-14(18)8-4-12;17-14-7-3-12(4-8-14)16(2-1-11-19)13-5-9-15(18)10-6-13;;;1-4(2)3;;;;;;;/h4-11,18H,2-3,12H2,1H3;1-8,15H,9-10H2;3-10,16H,1-2,11H2;1-8,15H,9-10H2,(H2,19,20);1-8,15H,9-10H2,(H,19,20);3-10,16,19H,1-2,11H2;1H4;;;;1H3;;4*1H2/q;;;;;;;;;+1;;+1;;;;/p-2. The van der Waals surface area contributed by atoms with Crippen molar-refractivity contribution in [1.29, 1.82) is 0 Å². The minimum Gasteiger partial charge on any atom is -0.870 e. The molecule has 12 aromatic carbocycles. The summed E-state index contributed by atoms with van der Waals surface area (Å²) in [7, 11) is 7.36. The molecule has 0 aliphatic rings. The fourth-order valence-electron chi connectivity index (χ4n) is 13.4. The van der Waals surface area contributed by atoms with E-state index in [1.807, 2.05) is 0 Å². The molecule has 0 saturated heterocycles. The first-order chi connectivity index (χ1) is 59.4. The molecule has 12 aromatic rings. The first-order valence-corrected chi connectivity index (χ1v) is 42.9. The Bertz CT molecular complexity index is 4550. The van der Waals surface area contributed by atoms with Crippen molar-refractivity contribution in [1.82, 2.24) is 6.15 Å². The summed E-state index contributed by atoms with van der Waals surface area (Å²) in [6.07, 6.45) is 6.34. The average Bonchev–Trinajstić information content (AvgIpc) is 0.869. The van der Waals surface area contributed by atoms with Crippen LogP contribution in [0.15, 0.2) is 291 Å². The summed E-state index contributed by atoms with van der Waals surface area (Å²) in [6.45, 7) is 1.82. The van der Waals surface area contributed by atoms with Gasteiger partial charge in [-0.05, 0) is 282 Å². The predicted octanol–water partition coefficient (Wildman–Crippen LogP) is 19.2. The van der Waals surface area contributed by atoms with Crippen molar-refractivity contribution in [2.24, 2.45) is 5.73 Å². The molecule has 0 spiro atoms. The monoisotopic (exact) mass is 2200 g/mol. The number of nitrogens with two attached hydrogens (primary N) is 1. The number of hydrogen-bond acceptors (Lipinski definition) is 10. The van der Waals surface area contributed by atoms with Crippen molar-refractivity contribution >= 4 is 76.9 Å². The maximum absolute atomic E-state index is 13.1. The number of benzene rings is 12. The van der Waals surface area contributed by atoms with Gasteiger partial charge in [0.1, 0.15) is 69.8 Å². The zero-order chi connectivity index (χ0) is 90.5. The Morgan fingerprint density at radius 3 is 0.654 bits per heavy atom. The summed E-state index contributed by atoms with van der Waals surface area (Å²) in [4.78, 5) is 43.5. The number of esters is 1. The summed E-state index contributed by atoms with van der Waals surface area (Å²) >= 11 is 11.1. The predicted molar refractivity (Wildman–Crippen MR) is 488 cm³/mol. The van der Waals surface area contributed by atoms with Crippen molar-refractivity contribution in [3.63, 3.8) is 0 Å². The molecular formula is C99H104AcCl4F12KN2NaO12S. The van der Waals surface area contributed by atoms with Gasteiger partial charge in [-0.3, -0.25) is 19.2 Å². The number of alkyl halides is 1. The molecule has 0 aromatic heterocycles. The minimum absolute atomic E-state index is 0. The van der Waals surface area contributed by atoms with Gasteiger partial charge in [-0.2, -0.15) is 0 Å². The van der Waals surface area contributed by atoms with Crippen LogP contribution in [-0.2, 0) is 33.1 Å². The van der Waals surface area contributed by atoms with Gasteiger partial charge in [0.2, 0.25) is 20.4 Å². The SMILES string of the molecule is C.CC(=O)OCCCC(c1ccc(F)cc1)c1ccc(F)cc1.Fc1ccc(C(CCCCl)c2ccc(F)cc2)cc1.N.NC(=O)CCC(c1ccc(F)cc1)c1ccc(F)cc1.O.O.O=C(Cl)CCC(c1ccc(F)cc1)c1ccc(F)cc1.O=C(O)CCC(c1ccc(F)cc1)c1ccc(F)cc1.O=S(Cl)Cl.OCCCC(c1ccc(F)cc1)c1ccc(F)cc1.[Ac].[K+].[Na+].[OH-].[OH-]. The summed E-state index contributed by atoms with van der Waals surface area (Å²) in [5.74, 6) is -4.82. The molecule has 0 fully saturated rings. The van der Waals surface area contributed by atoms with E-state index in [1.54, 1.807) is 146 Å². The zero-order valence-corrected chi connectivity index (χ0v) is 86.0. The van der Waals surface area contributed by atoms with Crippen LogP contribution in [0.2, 0.25) is 0 Å². The van der Waals surface area contributed by atoms with Crippen molar-refractivity contribution in [3.05, 3.63) is 428 Å². The van der Waals surface area contributed by atoms with Gasteiger partial charge in [0.25, 0.3) is 0 Å². The normalized spacial score (nSPS) is 10.0. The van der Waals surface area contributed by atoms with E-state index in [1.165, 1.54) is 153 Å². The molecule has 0 atom stereocenters. The smallest absolute Gasteiger partial charge is 0.870 e. The van der Waals surface area contributed by atoms with Gasteiger partial charge < -0.3 is 48.7 Å². The Hall–Kier alpha value is -6.97. The number of amides is 1. The fraction of sp³-hybridized carbons (Fsp3) is 0.232. The first kappa shape index (κ1) is 132. The molecule has 1 amide bonds. The van der Waals surface area contributed by atoms with Crippen molar-refractivity contribution in [2.45, 2.75) is 127 Å². The van der Waals surface area contributed by atoms with E-state index >= 15 is 0 Å². The van der Waals surface area contributed by atoms with Crippen LogP contribution in [-0.4, -0.2) is 78.5 Å². The number of carboxylic acid groups (broad SMARTS) is 1. The van der Waals surface area contributed by atoms with E-state index in [4.69, 9.17) is 48.1 Å². The van der Waals surface area contributed by atoms with E-state index in [0.717, 1.165) is 92.4 Å². The van der Waals surface area contributed by atoms with Gasteiger partial charge in [0.15, 0.2) is 0 Å². The van der Waals surface area contributed by atoms with E-state index in [9.17, 15) is 71.9 Å². The molecule has 0 unspecified atom stereocenters. The number of aliphatic carboxylic acids is 1. The average molecular weight is 2200 g/mol. The fourth-order valence-corrected chi connectivity index (χ4v) is 13.7. The third-order valence-electron chi connectivity index (χ3n) is 19.4. The molecule has 1 radical (unpaired) electrons. The summed E-state index contributed by atoms with van der Waals surface area (Å²) < 4.78 is 170. The minimum atomic E-state index is -1.67. The van der Waals surface area contributed by atoms with Crippen LogP contribution in [0.25, 0.3) is 0 Å². The van der Waals surface area contributed by atoms with Crippen molar-refractivity contribution in [3.8, 4) is 0 Å². The number of primary amides is 1. The zero-order valence-electron chi connectivity index (χ0n) is 72.3. The molecule has 705 valence electrons. The second kappa shape index (κ2) is 73.3. The Morgan fingerprint density at radius 2 is 0.504 bits per heavy atom. The van der Waals surface area contributed by atoms with Gasteiger partial charge in [-0.15, -0.1) is 11.6 Å². The van der Waals surface area contributed by atoms with Crippen molar-refractivity contribution < 1.29 is 238 Å². The number of carbonyl (C=O) groups is 4. The molecule has 14 nitrogen and oxygen atoms in total. The number of aliphatic hydroxyl groups excluding tert-OH is 1. The first-order valence-electron chi connectivity index (χ1n) is 39.2. The summed E-state index contributed by atoms with van der Waals surface area (Å²) in [6, 6.07) is 74.3. The Balaban J connectivity index is -0.000000735. The summed E-state index contributed by atoms with van der Waals surface area (Å²) in [5, 5.41) is 17.4. The van der Waals surface area contributed by atoms with Gasteiger partial charge in [0.05, 0.1) is 6.61 Å². The Labute approximate surface area is 890 Å². The number of carbonyl (C=O) groups excluding carboxylic acids is 3. The van der Waals surface area contributed by atoms with Gasteiger partial charge in [-0.1, -0.05) is 153 Å².